The Hall–Kier alpha value is -1.96. The number of thiazole rings is 1. The summed E-state index contributed by atoms with van der Waals surface area (Å²) in [6.07, 6.45) is 0.316. The Morgan fingerprint density at radius 3 is 2.97 bits per heavy atom. The molecule has 1 aromatic carbocycles. The van der Waals surface area contributed by atoms with E-state index in [1.54, 1.807) is 11.3 Å². The molecule has 0 aliphatic carbocycles. The van der Waals surface area contributed by atoms with Crippen molar-refractivity contribution in [2.24, 2.45) is 4.99 Å². The van der Waals surface area contributed by atoms with Gasteiger partial charge in [-0.15, -0.1) is 11.3 Å². The average molecular weight is 416 g/mol. The second-order valence-corrected chi connectivity index (χ2v) is 8.68. The number of ether oxygens (including phenoxy) is 1. The first-order valence-electron chi connectivity index (χ1n) is 10.4. The molecular formula is C22H33N5OS. The normalized spacial score (nSPS) is 18.1. The van der Waals surface area contributed by atoms with Crippen LogP contribution in [0.2, 0.25) is 0 Å². The lowest BCUT2D eigenvalue weighted by Gasteiger charge is -2.31. The number of aliphatic imine (C=N–C) groups is 1. The molecule has 6 nitrogen and oxygen atoms in total. The van der Waals surface area contributed by atoms with Crippen molar-refractivity contribution in [2.45, 2.75) is 46.5 Å². The number of rotatable bonds is 7. The lowest BCUT2D eigenvalue weighted by molar-refractivity contribution is -0.0212. The van der Waals surface area contributed by atoms with Crippen molar-refractivity contribution >= 4 is 17.3 Å². The molecule has 0 radical (unpaired) electrons. The van der Waals surface area contributed by atoms with Crippen LogP contribution >= 0.6 is 11.3 Å². The van der Waals surface area contributed by atoms with Crippen LogP contribution in [0.1, 0.15) is 35.7 Å². The van der Waals surface area contributed by atoms with Gasteiger partial charge in [-0.05, 0) is 31.9 Å². The van der Waals surface area contributed by atoms with Gasteiger partial charge in [0.2, 0.25) is 0 Å². The molecule has 1 aromatic heterocycles. The highest BCUT2D eigenvalue weighted by molar-refractivity contribution is 7.09. The van der Waals surface area contributed by atoms with E-state index in [2.05, 4.69) is 70.6 Å². The molecule has 1 saturated heterocycles. The number of hydrogen-bond donors (Lipinski definition) is 1. The summed E-state index contributed by atoms with van der Waals surface area (Å²) in [5.74, 6) is 0.908. The van der Waals surface area contributed by atoms with Gasteiger partial charge < -0.3 is 15.0 Å². The first kappa shape index (κ1) is 21.7. The van der Waals surface area contributed by atoms with Gasteiger partial charge in [-0.2, -0.15) is 0 Å². The molecule has 1 unspecified atom stereocenters. The summed E-state index contributed by atoms with van der Waals surface area (Å²) >= 11 is 1.69. The first-order chi connectivity index (χ1) is 14.0. The molecule has 0 bridgehead atoms. The van der Waals surface area contributed by atoms with E-state index in [-0.39, 0.29) is 0 Å². The van der Waals surface area contributed by atoms with Gasteiger partial charge in [-0.3, -0.25) is 4.90 Å². The maximum atomic E-state index is 5.65. The van der Waals surface area contributed by atoms with Crippen molar-refractivity contribution in [2.75, 3.05) is 33.3 Å². The molecule has 0 spiro atoms. The van der Waals surface area contributed by atoms with E-state index >= 15 is 0 Å². The van der Waals surface area contributed by atoms with Crippen molar-refractivity contribution in [1.82, 2.24) is 20.1 Å². The number of aromatic nitrogens is 1. The number of morpholine rings is 1. The van der Waals surface area contributed by atoms with Crippen LogP contribution in [0, 0.1) is 6.92 Å². The van der Waals surface area contributed by atoms with Gasteiger partial charge in [0.25, 0.3) is 0 Å². The Morgan fingerprint density at radius 2 is 2.24 bits per heavy atom. The van der Waals surface area contributed by atoms with Crippen LogP contribution in [-0.2, 0) is 24.4 Å². The zero-order valence-corrected chi connectivity index (χ0v) is 18.8. The van der Waals surface area contributed by atoms with Crippen LogP contribution in [0.4, 0.5) is 0 Å². The Kier molecular flexibility index (Phi) is 8.03. The number of nitrogens with zero attached hydrogens (tertiary/aromatic N) is 4. The maximum absolute atomic E-state index is 5.65. The summed E-state index contributed by atoms with van der Waals surface area (Å²) in [5.41, 5.74) is 3.66. The van der Waals surface area contributed by atoms with Crippen molar-refractivity contribution in [3.63, 3.8) is 0 Å². The Bertz CT molecular complexity index is 806. The number of nitrogens with one attached hydrogen (secondary N) is 1. The highest BCUT2D eigenvalue weighted by Crippen LogP contribution is 2.13. The van der Waals surface area contributed by atoms with Gasteiger partial charge in [0.15, 0.2) is 5.96 Å². The third-order valence-electron chi connectivity index (χ3n) is 4.90. The highest BCUT2D eigenvalue weighted by atomic mass is 32.1. The van der Waals surface area contributed by atoms with Gasteiger partial charge in [0.05, 0.1) is 36.5 Å². The number of guanidine groups is 1. The van der Waals surface area contributed by atoms with Gasteiger partial charge in [-0.1, -0.05) is 24.3 Å². The number of hydrogen-bond acceptors (Lipinski definition) is 5. The number of aryl methyl sites for hydroxylation is 1. The molecule has 1 N–H and O–H groups in total. The largest absolute Gasteiger partial charge is 0.376 e. The fourth-order valence-corrected chi connectivity index (χ4v) is 4.16. The lowest BCUT2D eigenvalue weighted by Crippen LogP contribution is -2.40. The van der Waals surface area contributed by atoms with Gasteiger partial charge in [-0.25, -0.2) is 9.98 Å². The minimum atomic E-state index is 0.316. The van der Waals surface area contributed by atoms with Crippen LogP contribution < -0.4 is 5.32 Å². The summed E-state index contributed by atoms with van der Waals surface area (Å²) in [4.78, 5) is 14.0. The topological polar surface area (TPSA) is 53.0 Å². The smallest absolute Gasteiger partial charge is 0.194 e. The molecule has 7 heteroatoms. The molecule has 2 aromatic rings. The molecule has 0 saturated carbocycles. The zero-order valence-electron chi connectivity index (χ0n) is 18.0. The Morgan fingerprint density at radius 1 is 1.41 bits per heavy atom. The monoisotopic (exact) mass is 415 g/mol. The molecule has 0 amide bonds. The molecule has 1 aliphatic heterocycles. The summed E-state index contributed by atoms with van der Waals surface area (Å²) in [6, 6.07) is 8.77. The molecule has 29 heavy (non-hydrogen) atoms. The Labute approximate surface area is 178 Å². The van der Waals surface area contributed by atoms with E-state index in [0.717, 1.165) is 56.0 Å². The van der Waals surface area contributed by atoms with E-state index in [9.17, 15) is 0 Å². The minimum Gasteiger partial charge on any atom is -0.376 e. The third kappa shape index (κ3) is 6.80. The molecule has 158 valence electrons. The van der Waals surface area contributed by atoms with Gasteiger partial charge >= 0.3 is 0 Å². The van der Waals surface area contributed by atoms with Crippen LogP contribution in [0.25, 0.3) is 0 Å². The number of benzene rings is 1. The third-order valence-corrected chi connectivity index (χ3v) is 5.72. The molecule has 2 heterocycles. The SMILES string of the molecule is CCNC(=NCc1cccc(CN2CCOC(C)C2)c1)N(C)Cc1csc(C)n1. The van der Waals surface area contributed by atoms with Crippen molar-refractivity contribution in [1.29, 1.82) is 0 Å². The second-order valence-electron chi connectivity index (χ2n) is 7.62. The molecule has 1 fully saturated rings. The van der Waals surface area contributed by atoms with Gasteiger partial charge in [0, 0.05) is 38.6 Å². The van der Waals surface area contributed by atoms with Gasteiger partial charge in [0.1, 0.15) is 0 Å². The fourth-order valence-electron chi connectivity index (χ4n) is 3.55. The first-order valence-corrected chi connectivity index (χ1v) is 11.2. The standard InChI is InChI=1S/C22H33N5OS/c1-5-23-22(26(4)15-21-16-29-18(3)25-21)24-12-19-7-6-8-20(11-19)14-27-9-10-28-17(2)13-27/h6-8,11,16-17H,5,9-10,12-15H2,1-4H3,(H,23,24). The molecular weight excluding hydrogens is 382 g/mol. The van der Waals surface area contributed by atoms with E-state index in [4.69, 9.17) is 9.73 Å². The Balaban J connectivity index is 1.62. The average Bonchev–Trinajstić information content (AvgIpc) is 3.10. The second kappa shape index (κ2) is 10.7. The zero-order chi connectivity index (χ0) is 20.6. The van der Waals surface area contributed by atoms with Crippen LogP contribution in [0.5, 0.6) is 0 Å². The highest BCUT2D eigenvalue weighted by Gasteiger charge is 2.16. The fraction of sp³-hybridized carbons (Fsp3) is 0.545. The summed E-state index contributed by atoms with van der Waals surface area (Å²) in [6.45, 7) is 12.3. The molecule has 1 atom stereocenters. The maximum Gasteiger partial charge on any atom is 0.194 e. The van der Waals surface area contributed by atoms with Crippen molar-refractivity contribution in [3.8, 4) is 0 Å². The van der Waals surface area contributed by atoms with E-state index in [1.807, 2.05) is 6.92 Å². The summed E-state index contributed by atoms with van der Waals surface area (Å²) in [5, 5.41) is 6.61. The van der Waals surface area contributed by atoms with Crippen molar-refractivity contribution < 1.29 is 4.74 Å². The lowest BCUT2D eigenvalue weighted by atomic mass is 10.1. The summed E-state index contributed by atoms with van der Waals surface area (Å²) < 4.78 is 5.65. The van der Waals surface area contributed by atoms with Crippen LogP contribution in [0.15, 0.2) is 34.6 Å². The van der Waals surface area contributed by atoms with E-state index in [1.165, 1.54) is 11.1 Å². The van der Waals surface area contributed by atoms with Crippen LogP contribution in [0.3, 0.4) is 0 Å². The van der Waals surface area contributed by atoms with E-state index < -0.39 is 0 Å². The molecule has 3 rings (SSSR count). The predicted octanol–water partition coefficient (Wildman–Crippen LogP) is 3.27. The minimum absolute atomic E-state index is 0.316. The summed E-state index contributed by atoms with van der Waals surface area (Å²) in [7, 11) is 2.06. The van der Waals surface area contributed by atoms with E-state index in [0.29, 0.717) is 12.6 Å². The van der Waals surface area contributed by atoms with Crippen LogP contribution in [-0.4, -0.2) is 60.1 Å². The molecule has 1 aliphatic rings. The predicted molar refractivity (Wildman–Crippen MR) is 120 cm³/mol. The van der Waals surface area contributed by atoms with Crippen molar-refractivity contribution in [3.05, 3.63) is 51.5 Å². The quantitative estimate of drug-likeness (QED) is 0.556.